The summed E-state index contributed by atoms with van der Waals surface area (Å²) in [6, 6.07) is 8.34. The molecule has 0 spiro atoms. The Labute approximate surface area is 140 Å². The van der Waals surface area contributed by atoms with Gasteiger partial charge in [0.05, 0.1) is 17.8 Å². The van der Waals surface area contributed by atoms with Crippen molar-refractivity contribution >= 4 is 34.5 Å². The zero-order valence-electron chi connectivity index (χ0n) is 12.2. The quantitative estimate of drug-likeness (QED) is 0.722. The summed E-state index contributed by atoms with van der Waals surface area (Å²) < 4.78 is 28.4. The SMILES string of the molecule is O=C(O)C=Cc1nn(Cc2ccc(F)cc2F)c2cc(Cl)ccc12. The second kappa shape index (κ2) is 6.41. The predicted octanol–water partition coefficient (Wildman–Crippen LogP) is 4.11. The molecular formula is C17H11ClF2N2O2. The summed E-state index contributed by atoms with van der Waals surface area (Å²) >= 11 is 6.01. The summed E-state index contributed by atoms with van der Waals surface area (Å²) in [6.07, 6.45) is 2.33. The number of aromatic nitrogens is 2. The molecule has 7 heteroatoms. The number of carbonyl (C=O) groups is 1. The number of hydrogen-bond donors (Lipinski definition) is 1. The molecule has 3 aromatic rings. The number of halogens is 3. The van der Waals surface area contributed by atoms with Crippen LogP contribution in [-0.2, 0) is 11.3 Å². The van der Waals surface area contributed by atoms with Gasteiger partial charge >= 0.3 is 5.97 Å². The van der Waals surface area contributed by atoms with E-state index in [-0.39, 0.29) is 12.1 Å². The van der Waals surface area contributed by atoms with Gasteiger partial charge in [-0.3, -0.25) is 4.68 Å². The lowest BCUT2D eigenvalue weighted by atomic mass is 10.2. The molecule has 0 radical (unpaired) electrons. The molecule has 0 aliphatic rings. The number of fused-ring (bicyclic) bond motifs is 1. The number of carboxylic acid groups (broad SMARTS) is 1. The molecule has 24 heavy (non-hydrogen) atoms. The Morgan fingerprint density at radius 3 is 2.75 bits per heavy atom. The highest BCUT2D eigenvalue weighted by Crippen LogP contribution is 2.25. The van der Waals surface area contributed by atoms with Crippen molar-refractivity contribution in [2.45, 2.75) is 6.54 Å². The molecule has 2 aromatic carbocycles. The Bertz CT molecular complexity index is 967. The van der Waals surface area contributed by atoms with Crippen LogP contribution in [0.15, 0.2) is 42.5 Å². The Kier molecular flexibility index (Phi) is 4.31. The molecule has 0 saturated heterocycles. The number of aliphatic carboxylic acids is 1. The van der Waals surface area contributed by atoms with Gasteiger partial charge in [-0.1, -0.05) is 17.7 Å². The summed E-state index contributed by atoms with van der Waals surface area (Å²) in [5.74, 6) is -2.44. The van der Waals surface area contributed by atoms with Crippen LogP contribution in [-0.4, -0.2) is 20.9 Å². The predicted molar refractivity (Wildman–Crippen MR) is 86.9 cm³/mol. The minimum atomic E-state index is -1.10. The van der Waals surface area contributed by atoms with Gasteiger partial charge in [0.25, 0.3) is 0 Å². The molecule has 122 valence electrons. The van der Waals surface area contributed by atoms with Crippen LogP contribution < -0.4 is 0 Å². The van der Waals surface area contributed by atoms with E-state index in [1.54, 1.807) is 18.2 Å². The zero-order valence-corrected chi connectivity index (χ0v) is 13.0. The highest BCUT2D eigenvalue weighted by Gasteiger charge is 2.12. The number of rotatable bonds is 4. The molecule has 0 atom stereocenters. The molecule has 1 heterocycles. The lowest BCUT2D eigenvalue weighted by Gasteiger charge is -2.05. The fraction of sp³-hybridized carbons (Fsp3) is 0.0588. The summed E-state index contributed by atoms with van der Waals surface area (Å²) in [7, 11) is 0. The first-order chi connectivity index (χ1) is 11.4. The van der Waals surface area contributed by atoms with Gasteiger partial charge in [-0.15, -0.1) is 0 Å². The van der Waals surface area contributed by atoms with Crippen molar-refractivity contribution in [1.29, 1.82) is 0 Å². The molecule has 0 unspecified atom stereocenters. The van der Waals surface area contributed by atoms with Gasteiger partial charge in [-0.2, -0.15) is 5.10 Å². The minimum Gasteiger partial charge on any atom is -0.478 e. The third kappa shape index (κ3) is 3.28. The molecule has 4 nitrogen and oxygen atoms in total. The Morgan fingerprint density at radius 2 is 2.04 bits per heavy atom. The smallest absolute Gasteiger partial charge is 0.328 e. The van der Waals surface area contributed by atoms with Gasteiger partial charge < -0.3 is 5.11 Å². The second-order valence-corrected chi connectivity index (χ2v) is 5.55. The van der Waals surface area contributed by atoms with Gasteiger partial charge in [-0.05, 0) is 30.3 Å². The van der Waals surface area contributed by atoms with Crippen molar-refractivity contribution in [3.63, 3.8) is 0 Å². The molecule has 1 N–H and O–H groups in total. The highest BCUT2D eigenvalue weighted by molar-refractivity contribution is 6.31. The van der Waals surface area contributed by atoms with E-state index < -0.39 is 17.6 Å². The summed E-state index contributed by atoms with van der Waals surface area (Å²) in [5.41, 5.74) is 1.30. The molecular weight excluding hydrogens is 338 g/mol. The average Bonchev–Trinajstić information content (AvgIpc) is 2.85. The number of carboxylic acids is 1. The van der Waals surface area contributed by atoms with Crippen LogP contribution in [0, 0.1) is 11.6 Å². The standard InChI is InChI=1S/C17H11ClF2N2O2/c18-11-2-4-13-15(5-6-17(23)24)21-22(16(13)7-11)9-10-1-3-12(19)8-14(10)20/h1-8H,9H2,(H,23,24). The number of nitrogens with zero attached hydrogens (tertiary/aromatic N) is 2. The normalized spacial score (nSPS) is 11.5. The third-order valence-corrected chi connectivity index (χ3v) is 3.70. The first-order valence-electron chi connectivity index (χ1n) is 6.95. The van der Waals surface area contributed by atoms with Crippen LogP contribution in [0.5, 0.6) is 0 Å². The van der Waals surface area contributed by atoms with E-state index >= 15 is 0 Å². The van der Waals surface area contributed by atoms with Crippen molar-refractivity contribution < 1.29 is 18.7 Å². The van der Waals surface area contributed by atoms with Crippen molar-refractivity contribution in [1.82, 2.24) is 9.78 Å². The zero-order chi connectivity index (χ0) is 17.3. The van der Waals surface area contributed by atoms with Crippen LogP contribution in [0.25, 0.3) is 17.0 Å². The summed E-state index contributed by atoms with van der Waals surface area (Å²) in [5, 5.41) is 14.2. The molecule has 0 aliphatic heterocycles. The Morgan fingerprint density at radius 1 is 1.25 bits per heavy atom. The van der Waals surface area contributed by atoms with Gasteiger partial charge in [0, 0.05) is 28.1 Å². The first-order valence-corrected chi connectivity index (χ1v) is 7.33. The molecule has 0 fully saturated rings. The molecule has 0 aliphatic carbocycles. The van der Waals surface area contributed by atoms with Crippen LogP contribution in [0.1, 0.15) is 11.3 Å². The second-order valence-electron chi connectivity index (χ2n) is 5.11. The Balaban J connectivity index is 2.09. The molecule has 0 saturated carbocycles. The van der Waals surface area contributed by atoms with Gasteiger partial charge in [0.1, 0.15) is 11.6 Å². The number of hydrogen-bond acceptors (Lipinski definition) is 2. The van der Waals surface area contributed by atoms with Crippen molar-refractivity contribution in [2.75, 3.05) is 0 Å². The third-order valence-electron chi connectivity index (χ3n) is 3.46. The topological polar surface area (TPSA) is 55.1 Å². The van der Waals surface area contributed by atoms with E-state index in [1.807, 2.05) is 0 Å². The monoisotopic (exact) mass is 348 g/mol. The van der Waals surface area contributed by atoms with Crippen molar-refractivity contribution in [3.05, 3.63) is 70.4 Å². The minimum absolute atomic E-state index is 0.0594. The molecule has 0 bridgehead atoms. The molecule has 1 aromatic heterocycles. The van der Waals surface area contributed by atoms with Crippen molar-refractivity contribution in [3.8, 4) is 0 Å². The van der Waals surface area contributed by atoms with Gasteiger partial charge in [0.2, 0.25) is 0 Å². The lowest BCUT2D eigenvalue weighted by molar-refractivity contribution is -0.131. The molecule has 0 amide bonds. The van der Waals surface area contributed by atoms with Crippen molar-refractivity contribution in [2.24, 2.45) is 0 Å². The fourth-order valence-electron chi connectivity index (χ4n) is 2.38. The maximum Gasteiger partial charge on any atom is 0.328 e. The van der Waals surface area contributed by atoms with E-state index in [0.717, 1.165) is 12.1 Å². The van der Waals surface area contributed by atoms with Gasteiger partial charge in [0.15, 0.2) is 0 Å². The van der Waals surface area contributed by atoms with Gasteiger partial charge in [-0.25, -0.2) is 13.6 Å². The van der Waals surface area contributed by atoms with Crippen LogP contribution in [0.2, 0.25) is 5.02 Å². The van der Waals surface area contributed by atoms with E-state index in [2.05, 4.69) is 5.10 Å². The largest absolute Gasteiger partial charge is 0.478 e. The van der Waals surface area contributed by atoms with E-state index in [1.165, 1.54) is 22.9 Å². The van der Waals surface area contributed by atoms with E-state index in [4.69, 9.17) is 16.7 Å². The summed E-state index contributed by atoms with van der Waals surface area (Å²) in [6.45, 7) is 0.0594. The van der Waals surface area contributed by atoms with E-state index in [0.29, 0.717) is 21.6 Å². The maximum atomic E-state index is 13.9. The molecule has 3 rings (SSSR count). The highest BCUT2D eigenvalue weighted by atomic mass is 35.5. The summed E-state index contributed by atoms with van der Waals surface area (Å²) in [4.78, 5) is 10.7. The fourth-order valence-corrected chi connectivity index (χ4v) is 2.54. The van der Waals surface area contributed by atoms with Crippen LogP contribution >= 0.6 is 11.6 Å². The van der Waals surface area contributed by atoms with E-state index in [9.17, 15) is 13.6 Å². The Hall–Kier alpha value is -2.73. The maximum absolute atomic E-state index is 13.9. The lowest BCUT2D eigenvalue weighted by Crippen LogP contribution is -2.04. The first kappa shape index (κ1) is 16.1. The van der Waals surface area contributed by atoms with Crippen LogP contribution in [0.4, 0.5) is 8.78 Å². The average molecular weight is 349 g/mol. The number of benzene rings is 2. The van der Waals surface area contributed by atoms with Crippen LogP contribution in [0.3, 0.4) is 0 Å².